The monoisotopic (exact) mass is 514 g/mol. The largest absolute Gasteiger partial charge is 0.460 e. The quantitative estimate of drug-likeness (QED) is 0.241. The van der Waals surface area contributed by atoms with Gasteiger partial charge in [-0.25, -0.2) is 17.9 Å². The Balaban J connectivity index is 1.26. The topological polar surface area (TPSA) is 102 Å². The van der Waals surface area contributed by atoms with E-state index < -0.39 is 16.0 Å². The average molecular weight is 515 g/mol. The Hall–Kier alpha value is -4.27. The van der Waals surface area contributed by atoms with Crippen LogP contribution in [0.2, 0.25) is 0 Å². The molecule has 0 saturated heterocycles. The zero-order valence-corrected chi connectivity index (χ0v) is 20.8. The lowest BCUT2D eigenvalue weighted by Crippen LogP contribution is -2.28. The molecule has 188 valence electrons. The van der Waals surface area contributed by atoms with Gasteiger partial charge in [0.15, 0.2) is 0 Å². The van der Waals surface area contributed by atoms with Crippen LogP contribution in [0.4, 0.5) is 0 Å². The normalized spacial score (nSPS) is 11.0. The van der Waals surface area contributed by atoms with Crippen LogP contribution >= 0.6 is 0 Å². The minimum absolute atomic E-state index is 0.0369. The summed E-state index contributed by atoms with van der Waals surface area (Å²) in [5.74, 6) is -0.963. The van der Waals surface area contributed by atoms with Crippen LogP contribution in [0, 0.1) is 0 Å². The van der Waals surface area contributed by atoms with E-state index in [1.807, 2.05) is 72.8 Å². The molecule has 0 atom stereocenters. The van der Waals surface area contributed by atoms with Gasteiger partial charge in [-0.1, -0.05) is 78.9 Å². The van der Waals surface area contributed by atoms with Gasteiger partial charge >= 0.3 is 5.97 Å². The third-order valence-corrected chi connectivity index (χ3v) is 6.96. The second-order valence-corrected chi connectivity index (χ2v) is 9.94. The summed E-state index contributed by atoms with van der Waals surface area (Å²) in [7, 11) is -3.82. The molecule has 8 heteroatoms. The summed E-state index contributed by atoms with van der Waals surface area (Å²) < 4.78 is 33.0. The van der Waals surface area contributed by atoms with E-state index in [2.05, 4.69) is 10.0 Å². The fourth-order valence-electron chi connectivity index (χ4n) is 3.59. The lowest BCUT2D eigenvalue weighted by atomic mass is 10.0. The standard InChI is InChI=1S/C29H26N2O5S/c32-28(25-16-14-24(15-17-25)23-10-5-2-6-11-23)30-18-19-36-29(33)26-12-7-13-27(20-26)37(34,35)31-21-22-8-3-1-4-9-22/h1-17,20,31H,18-19,21H2,(H,30,32). The summed E-state index contributed by atoms with van der Waals surface area (Å²) in [6.07, 6.45) is 0. The first-order valence-corrected chi connectivity index (χ1v) is 13.2. The van der Waals surface area contributed by atoms with Crippen molar-refractivity contribution in [2.75, 3.05) is 13.2 Å². The SMILES string of the molecule is O=C(NCCOC(=O)c1cccc(S(=O)(=O)NCc2ccccc2)c1)c1ccc(-c2ccccc2)cc1. The summed E-state index contributed by atoms with van der Waals surface area (Å²) in [5, 5.41) is 2.71. The number of esters is 1. The minimum Gasteiger partial charge on any atom is -0.460 e. The van der Waals surface area contributed by atoms with Crippen LogP contribution in [0.25, 0.3) is 11.1 Å². The number of ether oxygens (including phenoxy) is 1. The van der Waals surface area contributed by atoms with Crippen LogP contribution in [0.5, 0.6) is 0 Å². The summed E-state index contributed by atoms with van der Waals surface area (Å²) in [6, 6.07) is 31.8. The van der Waals surface area contributed by atoms with Gasteiger partial charge in [0.2, 0.25) is 10.0 Å². The highest BCUT2D eigenvalue weighted by Gasteiger charge is 2.17. The smallest absolute Gasteiger partial charge is 0.338 e. The van der Waals surface area contributed by atoms with Crippen molar-refractivity contribution >= 4 is 21.9 Å². The highest BCUT2D eigenvalue weighted by molar-refractivity contribution is 7.89. The van der Waals surface area contributed by atoms with E-state index in [1.54, 1.807) is 12.1 Å². The van der Waals surface area contributed by atoms with Crippen molar-refractivity contribution in [1.82, 2.24) is 10.0 Å². The fourth-order valence-corrected chi connectivity index (χ4v) is 4.65. The molecule has 1 amide bonds. The van der Waals surface area contributed by atoms with Crippen LogP contribution in [-0.4, -0.2) is 33.4 Å². The number of carbonyl (C=O) groups is 2. The predicted octanol–water partition coefficient (Wildman–Crippen LogP) is 4.42. The van der Waals surface area contributed by atoms with Crippen LogP contribution in [0.3, 0.4) is 0 Å². The van der Waals surface area contributed by atoms with Gasteiger partial charge in [-0.3, -0.25) is 4.79 Å². The Morgan fingerprint density at radius 2 is 1.35 bits per heavy atom. The Morgan fingerprint density at radius 3 is 2.05 bits per heavy atom. The number of sulfonamides is 1. The van der Waals surface area contributed by atoms with Gasteiger partial charge < -0.3 is 10.1 Å². The molecule has 0 saturated carbocycles. The second kappa shape index (κ2) is 12.1. The molecule has 7 nitrogen and oxygen atoms in total. The Bertz CT molecular complexity index is 1460. The van der Waals surface area contributed by atoms with Crippen LogP contribution in [0.15, 0.2) is 114 Å². The van der Waals surface area contributed by atoms with E-state index >= 15 is 0 Å². The first-order chi connectivity index (χ1) is 17.9. The molecule has 0 heterocycles. The molecule has 4 rings (SSSR count). The number of rotatable bonds is 10. The van der Waals surface area contributed by atoms with Crippen molar-refractivity contribution in [2.45, 2.75) is 11.4 Å². The molecule has 0 aromatic heterocycles. The maximum absolute atomic E-state index is 12.6. The van der Waals surface area contributed by atoms with Crippen molar-refractivity contribution < 1.29 is 22.7 Å². The number of carbonyl (C=O) groups excluding carboxylic acids is 2. The lowest BCUT2D eigenvalue weighted by Gasteiger charge is -2.10. The Kier molecular flexibility index (Phi) is 8.45. The van der Waals surface area contributed by atoms with Crippen LogP contribution in [-0.2, 0) is 21.3 Å². The van der Waals surface area contributed by atoms with Gasteiger partial charge in [-0.2, -0.15) is 0 Å². The Morgan fingerprint density at radius 1 is 0.703 bits per heavy atom. The molecule has 0 aliphatic rings. The van der Waals surface area contributed by atoms with Gasteiger partial charge in [0.05, 0.1) is 17.0 Å². The third-order valence-electron chi connectivity index (χ3n) is 5.56. The molecule has 0 spiro atoms. The van der Waals surface area contributed by atoms with E-state index in [9.17, 15) is 18.0 Å². The minimum atomic E-state index is -3.82. The first kappa shape index (κ1) is 25.8. The van der Waals surface area contributed by atoms with Crippen molar-refractivity contribution in [3.8, 4) is 11.1 Å². The molecule has 0 unspecified atom stereocenters. The van der Waals surface area contributed by atoms with Crippen molar-refractivity contribution in [3.63, 3.8) is 0 Å². The zero-order valence-electron chi connectivity index (χ0n) is 20.0. The maximum Gasteiger partial charge on any atom is 0.338 e. The van der Waals surface area contributed by atoms with Crippen molar-refractivity contribution in [3.05, 3.63) is 126 Å². The maximum atomic E-state index is 12.6. The van der Waals surface area contributed by atoms with E-state index in [1.165, 1.54) is 24.3 Å². The average Bonchev–Trinajstić information content (AvgIpc) is 2.95. The number of hydrogen-bond donors (Lipinski definition) is 2. The van der Waals surface area contributed by atoms with Crippen LogP contribution in [0.1, 0.15) is 26.3 Å². The molecule has 37 heavy (non-hydrogen) atoms. The highest BCUT2D eigenvalue weighted by atomic mass is 32.2. The van der Waals surface area contributed by atoms with E-state index in [4.69, 9.17) is 4.74 Å². The number of benzene rings is 4. The summed E-state index contributed by atoms with van der Waals surface area (Å²) in [6.45, 7) is 0.185. The molecule has 0 bridgehead atoms. The van der Waals surface area contributed by atoms with Crippen molar-refractivity contribution in [1.29, 1.82) is 0 Å². The van der Waals surface area contributed by atoms with Crippen molar-refractivity contribution in [2.24, 2.45) is 0 Å². The molecule has 0 aliphatic carbocycles. The fraction of sp³-hybridized carbons (Fsp3) is 0.103. The van der Waals surface area contributed by atoms with E-state index in [-0.39, 0.29) is 36.1 Å². The Labute approximate surface area is 216 Å². The first-order valence-electron chi connectivity index (χ1n) is 11.7. The third kappa shape index (κ3) is 7.13. The van der Waals surface area contributed by atoms with E-state index in [0.717, 1.165) is 16.7 Å². The highest BCUT2D eigenvalue weighted by Crippen LogP contribution is 2.19. The van der Waals surface area contributed by atoms with E-state index in [0.29, 0.717) is 5.56 Å². The molecule has 4 aromatic carbocycles. The van der Waals surface area contributed by atoms with Gasteiger partial charge in [-0.05, 0) is 47.0 Å². The predicted molar refractivity (Wildman–Crippen MR) is 141 cm³/mol. The van der Waals surface area contributed by atoms with Gasteiger partial charge in [0.25, 0.3) is 5.91 Å². The molecule has 4 aromatic rings. The molecule has 0 aliphatic heterocycles. The molecule has 0 fully saturated rings. The van der Waals surface area contributed by atoms with Gasteiger partial charge in [0.1, 0.15) is 6.61 Å². The molecular weight excluding hydrogens is 488 g/mol. The molecule has 0 radical (unpaired) electrons. The molecule has 2 N–H and O–H groups in total. The van der Waals surface area contributed by atoms with Gasteiger partial charge in [-0.15, -0.1) is 0 Å². The summed E-state index contributed by atoms with van der Waals surface area (Å²) in [5.41, 5.74) is 3.48. The number of hydrogen-bond acceptors (Lipinski definition) is 5. The zero-order chi connectivity index (χ0) is 26.1. The second-order valence-electron chi connectivity index (χ2n) is 8.17. The van der Waals surface area contributed by atoms with Crippen LogP contribution < -0.4 is 10.0 Å². The lowest BCUT2D eigenvalue weighted by molar-refractivity contribution is 0.0503. The summed E-state index contributed by atoms with van der Waals surface area (Å²) in [4.78, 5) is 24.8. The number of nitrogens with one attached hydrogen (secondary N) is 2. The number of amides is 1. The van der Waals surface area contributed by atoms with Gasteiger partial charge in [0, 0.05) is 12.1 Å². The summed E-state index contributed by atoms with van der Waals surface area (Å²) >= 11 is 0. The molecular formula is C29H26N2O5S.